The zero-order chi connectivity index (χ0) is 13.1. The summed E-state index contributed by atoms with van der Waals surface area (Å²) >= 11 is 3.49. The van der Waals surface area contributed by atoms with Crippen LogP contribution in [0.3, 0.4) is 0 Å². The molecule has 1 fully saturated rings. The number of rotatable bonds is 3. The number of ether oxygens (including phenoxy) is 1. The highest BCUT2D eigenvalue weighted by Crippen LogP contribution is 2.32. The third kappa shape index (κ3) is 3.48. The first-order chi connectivity index (χ1) is 8.56. The molecular formula is C15H22BrNO. The molecule has 1 aliphatic carbocycles. The molecule has 0 aliphatic heterocycles. The van der Waals surface area contributed by atoms with E-state index in [4.69, 9.17) is 10.5 Å². The molecule has 1 aromatic rings. The van der Waals surface area contributed by atoms with Crippen molar-refractivity contribution in [2.75, 3.05) is 0 Å². The Kier molecular flexibility index (Phi) is 4.68. The van der Waals surface area contributed by atoms with Gasteiger partial charge in [-0.3, -0.25) is 0 Å². The Balaban J connectivity index is 2.12. The lowest BCUT2D eigenvalue weighted by Gasteiger charge is -2.28. The zero-order valence-electron chi connectivity index (χ0n) is 11.2. The SMILES string of the molecule is CC1CCCC(Oc2ccc(Br)cc2[C@H](C)N)C1. The van der Waals surface area contributed by atoms with Crippen LogP contribution in [0.2, 0.25) is 0 Å². The van der Waals surface area contributed by atoms with E-state index < -0.39 is 0 Å². The Hall–Kier alpha value is -0.540. The first kappa shape index (κ1) is 13.9. The molecule has 2 N–H and O–H groups in total. The molecule has 100 valence electrons. The van der Waals surface area contributed by atoms with Crippen LogP contribution in [0.1, 0.15) is 51.1 Å². The molecule has 1 aromatic carbocycles. The molecule has 0 radical (unpaired) electrons. The average molecular weight is 312 g/mol. The predicted molar refractivity (Wildman–Crippen MR) is 78.8 cm³/mol. The molecule has 3 atom stereocenters. The zero-order valence-corrected chi connectivity index (χ0v) is 12.7. The summed E-state index contributed by atoms with van der Waals surface area (Å²) in [5.74, 6) is 1.73. The molecule has 0 aromatic heterocycles. The fraction of sp³-hybridized carbons (Fsp3) is 0.600. The molecule has 3 heteroatoms. The van der Waals surface area contributed by atoms with Gasteiger partial charge in [-0.15, -0.1) is 0 Å². The van der Waals surface area contributed by atoms with Crippen LogP contribution in [-0.2, 0) is 0 Å². The molecule has 2 nitrogen and oxygen atoms in total. The Labute approximate surface area is 118 Å². The van der Waals surface area contributed by atoms with E-state index in [1.165, 1.54) is 19.3 Å². The fourth-order valence-corrected chi connectivity index (χ4v) is 3.03. The third-order valence-electron chi connectivity index (χ3n) is 3.64. The average Bonchev–Trinajstić information content (AvgIpc) is 2.31. The Morgan fingerprint density at radius 1 is 1.39 bits per heavy atom. The van der Waals surface area contributed by atoms with Gasteiger partial charge in [-0.2, -0.15) is 0 Å². The molecule has 2 unspecified atom stereocenters. The predicted octanol–water partition coefficient (Wildman–Crippen LogP) is 4.43. The Bertz CT molecular complexity index is 405. The maximum atomic E-state index is 6.17. The van der Waals surface area contributed by atoms with Crippen LogP contribution >= 0.6 is 15.9 Å². The second-order valence-corrected chi connectivity index (χ2v) is 6.40. The van der Waals surface area contributed by atoms with E-state index in [1.54, 1.807) is 0 Å². The van der Waals surface area contributed by atoms with Gasteiger partial charge >= 0.3 is 0 Å². The lowest BCUT2D eigenvalue weighted by molar-refractivity contribution is 0.127. The van der Waals surface area contributed by atoms with E-state index in [0.717, 1.165) is 28.1 Å². The highest BCUT2D eigenvalue weighted by Gasteiger charge is 2.21. The number of hydrogen-bond donors (Lipinski definition) is 1. The minimum absolute atomic E-state index is 0.00138. The lowest BCUT2D eigenvalue weighted by Crippen LogP contribution is -2.25. The van der Waals surface area contributed by atoms with E-state index in [2.05, 4.69) is 28.9 Å². The number of hydrogen-bond acceptors (Lipinski definition) is 2. The van der Waals surface area contributed by atoms with Crippen molar-refractivity contribution >= 4 is 15.9 Å². The summed E-state index contributed by atoms with van der Waals surface area (Å²) in [5.41, 5.74) is 7.10. The molecule has 2 rings (SSSR count). The molecule has 0 amide bonds. The molecule has 0 spiro atoms. The minimum Gasteiger partial charge on any atom is -0.490 e. The second kappa shape index (κ2) is 6.07. The molecule has 0 bridgehead atoms. The highest BCUT2D eigenvalue weighted by molar-refractivity contribution is 9.10. The van der Waals surface area contributed by atoms with Gasteiger partial charge in [-0.25, -0.2) is 0 Å². The van der Waals surface area contributed by atoms with Gasteiger partial charge in [0.2, 0.25) is 0 Å². The van der Waals surface area contributed by atoms with E-state index in [0.29, 0.717) is 6.10 Å². The van der Waals surface area contributed by atoms with Gasteiger partial charge in [0.15, 0.2) is 0 Å². The molecular weight excluding hydrogens is 290 g/mol. The molecule has 0 heterocycles. The van der Waals surface area contributed by atoms with Gasteiger partial charge in [-0.1, -0.05) is 29.3 Å². The van der Waals surface area contributed by atoms with Crippen molar-refractivity contribution in [2.24, 2.45) is 11.7 Å². The Morgan fingerprint density at radius 3 is 2.83 bits per heavy atom. The van der Waals surface area contributed by atoms with Crippen LogP contribution in [-0.4, -0.2) is 6.10 Å². The molecule has 0 saturated heterocycles. The summed E-state index contributed by atoms with van der Waals surface area (Å²) < 4.78 is 7.23. The van der Waals surface area contributed by atoms with Gasteiger partial charge in [0.1, 0.15) is 5.75 Å². The van der Waals surface area contributed by atoms with E-state index >= 15 is 0 Å². The Morgan fingerprint density at radius 2 is 2.17 bits per heavy atom. The van der Waals surface area contributed by atoms with Crippen LogP contribution in [0, 0.1) is 5.92 Å². The van der Waals surface area contributed by atoms with Gasteiger partial charge in [0, 0.05) is 16.1 Å². The van der Waals surface area contributed by atoms with Gasteiger partial charge in [0.05, 0.1) is 6.10 Å². The topological polar surface area (TPSA) is 35.2 Å². The normalized spacial score (nSPS) is 25.8. The van der Waals surface area contributed by atoms with Crippen LogP contribution in [0.4, 0.5) is 0 Å². The summed E-state index contributed by atoms with van der Waals surface area (Å²) in [6.45, 7) is 4.31. The monoisotopic (exact) mass is 311 g/mol. The minimum atomic E-state index is -0.00138. The standard InChI is InChI=1S/C15H22BrNO/c1-10-4-3-5-13(8-10)18-15-7-6-12(16)9-14(15)11(2)17/h6-7,9-11,13H,3-5,8,17H2,1-2H3/t10?,11-,13?/m0/s1. The molecule has 1 aliphatic rings. The van der Waals surface area contributed by atoms with Crippen LogP contribution in [0.5, 0.6) is 5.75 Å². The van der Waals surface area contributed by atoms with Crippen molar-refractivity contribution < 1.29 is 4.74 Å². The van der Waals surface area contributed by atoms with Gasteiger partial charge in [0.25, 0.3) is 0 Å². The summed E-state index contributed by atoms with van der Waals surface area (Å²) in [7, 11) is 0. The smallest absolute Gasteiger partial charge is 0.124 e. The second-order valence-electron chi connectivity index (χ2n) is 5.48. The highest BCUT2D eigenvalue weighted by atomic mass is 79.9. The van der Waals surface area contributed by atoms with Crippen molar-refractivity contribution in [2.45, 2.75) is 51.7 Å². The summed E-state index contributed by atoms with van der Waals surface area (Å²) in [6, 6.07) is 6.11. The summed E-state index contributed by atoms with van der Waals surface area (Å²) in [6.07, 6.45) is 5.29. The van der Waals surface area contributed by atoms with Gasteiger partial charge in [-0.05, 0) is 50.3 Å². The molecule has 1 saturated carbocycles. The van der Waals surface area contributed by atoms with Crippen molar-refractivity contribution in [1.82, 2.24) is 0 Å². The van der Waals surface area contributed by atoms with E-state index in [1.807, 2.05) is 19.1 Å². The number of nitrogens with two attached hydrogens (primary N) is 1. The van der Waals surface area contributed by atoms with Crippen LogP contribution in [0.15, 0.2) is 22.7 Å². The number of halogens is 1. The van der Waals surface area contributed by atoms with Crippen molar-refractivity contribution in [3.05, 3.63) is 28.2 Å². The quantitative estimate of drug-likeness (QED) is 0.896. The van der Waals surface area contributed by atoms with E-state index in [-0.39, 0.29) is 6.04 Å². The summed E-state index contributed by atoms with van der Waals surface area (Å²) in [5, 5.41) is 0. The van der Waals surface area contributed by atoms with Crippen molar-refractivity contribution in [3.8, 4) is 5.75 Å². The van der Waals surface area contributed by atoms with Crippen LogP contribution in [0.25, 0.3) is 0 Å². The van der Waals surface area contributed by atoms with Crippen LogP contribution < -0.4 is 10.5 Å². The summed E-state index contributed by atoms with van der Waals surface area (Å²) in [4.78, 5) is 0. The maximum Gasteiger partial charge on any atom is 0.124 e. The lowest BCUT2D eigenvalue weighted by atomic mass is 9.88. The van der Waals surface area contributed by atoms with E-state index in [9.17, 15) is 0 Å². The fourth-order valence-electron chi connectivity index (χ4n) is 2.65. The maximum absolute atomic E-state index is 6.17. The third-order valence-corrected chi connectivity index (χ3v) is 4.14. The van der Waals surface area contributed by atoms with Crippen molar-refractivity contribution in [3.63, 3.8) is 0 Å². The van der Waals surface area contributed by atoms with Gasteiger partial charge < -0.3 is 10.5 Å². The first-order valence-electron chi connectivity index (χ1n) is 6.78. The first-order valence-corrected chi connectivity index (χ1v) is 7.57. The van der Waals surface area contributed by atoms with Crippen molar-refractivity contribution in [1.29, 1.82) is 0 Å². The number of benzene rings is 1. The molecule has 18 heavy (non-hydrogen) atoms. The largest absolute Gasteiger partial charge is 0.490 e.